The Kier molecular flexibility index (Phi) is 6.16. The van der Waals surface area contributed by atoms with Crippen LogP contribution in [-0.4, -0.2) is 37.9 Å². The Labute approximate surface area is 177 Å². The molecule has 166 valence electrons. The molecule has 0 radical (unpaired) electrons. The van der Waals surface area contributed by atoms with Crippen molar-refractivity contribution in [2.75, 3.05) is 22.7 Å². The molecule has 1 fully saturated rings. The van der Waals surface area contributed by atoms with Crippen molar-refractivity contribution in [3.05, 3.63) is 59.4 Å². The number of nitrogens with zero attached hydrogens (tertiary/aromatic N) is 3. The van der Waals surface area contributed by atoms with Gasteiger partial charge in [-0.3, -0.25) is 4.72 Å². The predicted molar refractivity (Wildman–Crippen MR) is 108 cm³/mol. The summed E-state index contributed by atoms with van der Waals surface area (Å²) in [6.07, 6.45) is -4.68. The molecule has 2 atom stereocenters. The van der Waals surface area contributed by atoms with Crippen molar-refractivity contribution in [2.24, 2.45) is 0 Å². The second-order valence-corrected chi connectivity index (χ2v) is 9.00. The van der Waals surface area contributed by atoms with Crippen LogP contribution in [0.25, 0.3) is 0 Å². The Morgan fingerprint density at radius 2 is 1.71 bits per heavy atom. The Bertz CT molecular complexity index is 1100. The standard InChI is InChI=1S/C20H20F4N4O2S/c1-13-12-28(31(29,30)26-17-6-4-16(21)5-7-17)14(2)11-27(13)18-8-3-15(10-25)19(9-18)20(22,23)24/h3-9,13-14,26H,11-12H2,1-2H3. The van der Waals surface area contributed by atoms with Gasteiger partial charge < -0.3 is 4.90 Å². The van der Waals surface area contributed by atoms with Gasteiger partial charge in [0.2, 0.25) is 0 Å². The van der Waals surface area contributed by atoms with Crippen molar-refractivity contribution in [3.8, 4) is 6.07 Å². The monoisotopic (exact) mass is 456 g/mol. The Hall–Kier alpha value is -2.84. The molecule has 2 unspecified atom stereocenters. The smallest absolute Gasteiger partial charge is 0.366 e. The van der Waals surface area contributed by atoms with Crippen molar-refractivity contribution in [1.29, 1.82) is 5.26 Å². The molecule has 1 saturated heterocycles. The highest BCUT2D eigenvalue weighted by atomic mass is 32.2. The lowest BCUT2D eigenvalue weighted by Gasteiger charge is -2.44. The predicted octanol–water partition coefficient (Wildman–Crippen LogP) is 3.97. The number of halogens is 4. The Morgan fingerprint density at radius 3 is 2.29 bits per heavy atom. The molecule has 1 aliphatic rings. The molecular weight excluding hydrogens is 436 g/mol. The first-order chi connectivity index (χ1) is 14.4. The highest BCUT2D eigenvalue weighted by Crippen LogP contribution is 2.35. The molecule has 2 aromatic carbocycles. The molecular formula is C20H20F4N4O2S. The van der Waals surface area contributed by atoms with Crippen LogP contribution in [0, 0.1) is 17.1 Å². The number of anilines is 2. The minimum atomic E-state index is -4.68. The van der Waals surface area contributed by atoms with Crippen molar-refractivity contribution >= 4 is 21.6 Å². The van der Waals surface area contributed by atoms with Crippen LogP contribution in [0.5, 0.6) is 0 Å². The molecule has 11 heteroatoms. The minimum Gasteiger partial charge on any atom is -0.366 e. The maximum absolute atomic E-state index is 13.3. The SMILES string of the molecule is CC1CN(S(=O)(=O)Nc2ccc(F)cc2)C(C)CN1c1ccc(C#N)c(C(F)(F)F)c1. The fraction of sp³-hybridized carbons (Fsp3) is 0.350. The third-order valence-electron chi connectivity index (χ3n) is 5.09. The Balaban J connectivity index is 1.83. The molecule has 1 aliphatic heterocycles. The first-order valence-electron chi connectivity index (χ1n) is 9.35. The lowest BCUT2D eigenvalue weighted by molar-refractivity contribution is -0.137. The topological polar surface area (TPSA) is 76.4 Å². The maximum atomic E-state index is 13.3. The zero-order valence-corrected chi connectivity index (χ0v) is 17.5. The molecule has 0 aliphatic carbocycles. The first-order valence-corrected chi connectivity index (χ1v) is 10.8. The van der Waals surface area contributed by atoms with Gasteiger partial charge >= 0.3 is 16.4 Å². The molecule has 0 spiro atoms. The number of alkyl halides is 3. The van der Waals surface area contributed by atoms with Gasteiger partial charge in [0.05, 0.1) is 17.2 Å². The van der Waals surface area contributed by atoms with E-state index in [2.05, 4.69) is 4.72 Å². The van der Waals surface area contributed by atoms with E-state index in [0.717, 1.165) is 24.3 Å². The fourth-order valence-corrected chi connectivity index (χ4v) is 5.06. The van der Waals surface area contributed by atoms with E-state index in [1.54, 1.807) is 24.8 Å². The normalized spacial score (nSPS) is 20.4. The van der Waals surface area contributed by atoms with Crippen LogP contribution in [0.2, 0.25) is 0 Å². The summed E-state index contributed by atoms with van der Waals surface area (Å²) in [5, 5.41) is 8.97. The van der Waals surface area contributed by atoms with Gasteiger partial charge in [-0.25, -0.2) is 4.39 Å². The van der Waals surface area contributed by atoms with E-state index in [1.807, 2.05) is 0 Å². The fourth-order valence-electron chi connectivity index (χ4n) is 3.56. The van der Waals surface area contributed by atoms with Gasteiger partial charge in [0, 0.05) is 36.5 Å². The van der Waals surface area contributed by atoms with E-state index in [1.165, 1.54) is 22.5 Å². The lowest BCUT2D eigenvalue weighted by atomic mass is 10.0. The van der Waals surface area contributed by atoms with Gasteiger partial charge in [0.15, 0.2) is 0 Å². The van der Waals surface area contributed by atoms with Crippen molar-refractivity contribution < 1.29 is 26.0 Å². The number of nitriles is 1. The summed E-state index contributed by atoms with van der Waals surface area (Å²) in [7, 11) is -3.97. The summed E-state index contributed by atoms with van der Waals surface area (Å²) in [5.41, 5.74) is -1.04. The molecule has 6 nitrogen and oxygen atoms in total. The van der Waals surface area contributed by atoms with Gasteiger partial charge in [0.1, 0.15) is 5.82 Å². The minimum absolute atomic E-state index is 0.0268. The quantitative estimate of drug-likeness (QED) is 0.707. The molecule has 0 amide bonds. The Morgan fingerprint density at radius 1 is 1.06 bits per heavy atom. The van der Waals surface area contributed by atoms with Crippen LogP contribution >= 0.6 is 0 Å². The van der Waals surface area contributed by atoms with Crippen LogP contribution in [0.3, 0.4) is 0 Å². The average molecular weight is 456 g/mol. The van der Waals surface area contributed by atoms with E-state index < -0.39 is 45.4 Å². The number of hydrogen-bond donors (Lipinski definition) is 1. The highest BCUT2D eigenvalue weighted by Gasteiger charge is 2.38. The summed E-state index contributed by atoms with van der Waals surface area (Å²) in [5.74, 6) is -0.501. The number of rotatable bonds is 4. The highest BCUT2D eigenvalue weighted by molar-refractivity contribution is 7.90. The molecule has 31 heavy (non-hydrogen) atoms. The second-order valence-electron chi connectivity index (χ2n) is 7.37. The maximum Gasteiger partial charge on any atom is 0.417 e. The number of nitrogens with one attached hydrogen (secondary N) is 1. The number of benzene rings is 2. The summed E-state index contributed by atoms with van der Waals surface area (Å²) < 4.78 is 82.3. The molecule has 0 bridgehead atoms. The van der Waals surface area contributed by atoms with Gasteiger partial charge in [-0.1, -0.05) is 0 Å². The molecule has 3 rings (SSSR count). The third kappa shape index (κ3) is 4.91. The van der Waals surface area contributed by atoms with Gasteiger partial charge in [-0.15, -0.1) is 0 Å². The zero-order chi connectivity index (χ0) is 23.0. The van der Waals surface area contributed by atoms with E-state index in [0.29, 0.717) is 0 Å². The molecule has 0 aromatic heterocycles. The van der Waals surface area contributed by atoms with Crippen LogP contribution in [-0.2, 0) is 16.4 Å². The van der Waals surface area contributed by atoms with Crippen molar-refractivity contribution in [2.45, 2.75) is 32.1 Å². The van der Waals surface area contributed by atoms with Crippen LogP contribution in [0.1, 0.15) is 25.0 Å². The van der Waals surface area contributed by atoms with Crippen LogP contribution < -0.4 is 9.62 Å². The summed E-state index contributed by atoms with van der Waals surface area (Å²) in [4.78, 5) is 1.69. The van der Waals surface area contributed by atoms with Crippen LogP contribution in [0.15, 0.2) is 42.5 Å². The zero-order valence-electron chi connectivity index (χ0n) is 16.7. The van der Waals surface area contributed by atoms with E-state index >= 15 is 0 Å². The van der Waals surface area contributed by atoms with E-state index in [9.17, 15) is 26.0 Å². The third-order valence-corrected chi connectivity index (χ3v) is 6.71. The van der Waals surface area contributed by atoms with Crippen molar-refractivity contribution in [1.82, 2.24) is 4.31 Å². The average Bonchev–Trinajstić information content (AvgIpc) is 2.69. The molecule has 1 heterocycles. The largest absolute Gasteiger partial charge is 0.417 e. The van der Waals surface area contributed by atoms with Gasteiger partial charge in [-0.05, 0) is 56.3 Å². The number of piperazine rings is 1. The summed E-state index contributed by atoms with van der Waals surface area (Å²) in [6, 6.07) is 8.88. The second kappa shape index (κ2) is 8.36. The lowest BCUT2D eigenvalue weighted by Crippen LogP contribution is -2.59. The number of hydrogen-bond acceptors (Lipinski definition) is 4. The molecule has 0 saturated carbocycles. The molecule has 1 N–H and O–H groups in total. The summed E-state index contributed by atoms with van der Waals surface area (Å²) >= 11 is 0. The summed E-state index contributed by atoms with van der Waals surface area (Å²) in [6.45, 7) is 3.53. The van der Waals surface area contributed by atoms with Crippen molar-refractivity contribution in [3.63, 3.8) is 0 Å². The van der Waals surface area contributed by atoms with E-state index in [-0.39, 0.29) is 24.5 Å². The van der Waals surface area contributed by atoms with E-state index in [4.69, 9.17) is 5.26 Å². The van der Waals surface area contributed by atoms with Crippen LogP contribution in [0.4, 0.5) is 28.9 Å². The first kappa shape index (κ1) is 22.8. The molecule has 2 aromatic rings. The van der Waals surface area contributed by atoms with Gasteiger partial charge in [0.25, 0.3) is 0 Å². The van der Waals surface area contributed by atoms with Gasteiger partial charge in [-0.2, -0.15) is 31.2 Å².